The van der Waals surface area contributed by atoms with Crippen LogP contribution in [0.4, 0.5) is 60.8 Å². The molecule has 0 aliphatic carbocycles. The minimum absolute atomic E-state index is 0. The van der Waals surface area contributed by atoms with Gasteiger partial charge in [0.15, 0.2) is 0 Å². The van der Waals surface area contributed by atoms with Crippen LogP contribution in [-0.2, 0) is 16.5 Å². The molecule has 106 heavy (non-hydrogen) atoms. The van der Waals surface area contributed by atoms with Gasteiger partial charge in [-0.15, -0.1) is 0 Å². The van der Waals surface area contributed by atoms with Crippen LogP contribution in [0.3, 0.4) is 0 Å². The molecule has 14 nitrogen and oxygen atoms in total. The van der Waals surface area contributed by atoms with E-state index in [2.05, 4.69) is 235 Å². The number of fused-ring (bicyclic) bond motifs is 12. The Bertz CT molecular complexity index is 5390. The van der Waals surface area contributed by atoms with Crippen molar-refractivity contribution >= 4 is 85.0 Å². The summed E-state index contributed by atoms with van der Waals surface area (Å²) in [5.41, 5.74) is 51.4. The van der Waals surface area contributed by atoms with Crippen molar-refractivity contribution in [3.63, 3.8) is 0 Å². The molecule has 0 spiro atoms. The first kappa shape index (κ1) is 73.2. The number of aryl methyl sites for hydroxylation is 3. The summed E-state index contributed by atoms with van der Waals surface area (Å²) in [4.78, 5) is 29.0. The predicted molar refractivity (Wildman–Crippen MR) is 443 cm³/mol. The zero-order valence-corrected chi connectivity index (χ0v) is 61.4. The molecule has 2 amide bonds. The van der Waals surface area contributed by atoms with Crippen molar-refractivity contribution in [3.05, 3.63) is 311 Å². The van der Waals surface area contributed by atoms with Crippen LogP contribution in [0.25, 0.3) is 66.3 Å². The second-order valence-corrected chi connectivity index (χ2v) is 29.2. The maximum Gasteiger partial charge on any atom is 0.412 e. The number of aromatic nitrogens is 1. The minimum Gasteiger partial charge on any atom is -0.444 e. The number of nitrogen functional groups attached to an aromatic ring is 4. The molecule has 14 heteroatoms. The molecular formula is C92H95N10O4+. The van der Waals surface area contributed by atoms with Gasteiger partial charge in [0.1, 0.15) is 18.2 Å². The molecule has 16 rings (SSSR count). The van der Waals surface area contributed by atoms with Crippen LogP contribution in [-0.4, -0.2) is 37.5 Å². The molecule has 0 fully saturated rings. The molecule has 0 saturated carbocycles. The van der Waals surface area contributed by atoms with Gasteiger partial charge < -0.3 is 47.5 Å². The number of anilines is 9. The van der Waals surface area contributed by atoms with Crippen molar-refractivity contribution in [1.82, 2.24) is 0 Å². The van der Waals surface area contributed by atoms with Gasteiger partial charge in [-0.25, -0.2) is 9.59 Å². The van der Waals surface area contributed by atoms with E-state index >= 15 is 0 Å². The molecule has 0 bridgehead atoms. The van der Waals surface area contributed by atoms with Crippen LogP contribution in [0.5, 0.6) is 0 Å². The van der Waals surface area contributed by atoms with Crippen LogP contribution >= 0.6 is 0 Å². The minimum atomic E-state index is -0.537. The first-order chi connectivity index (χ1) is 50.3. The second kappa shape index (κ2) is 30.4. The molecule has 11 N–H and O–H groups in total. The van der Waals surface area contributed by atoms with Gasteiger partial charge in [0.25, 0.3) is 0 Å². The molecular weight excluding hydrogens is 1310 g/mol. The third kappa shape index (κ3) is 15.8. The van der Waals surface area contributed by atoms with Crippen LogP contribution < -0.4 is 53.3 Å². The first-order valence-corrected chi connectivity index (χ1v) is 35.4. The van der Waals surface area contributed by atoms with E-state index in [-0.39, 0.29) is 25.6 Å². The van der Waals surface area contributed by atoms with Crippen molar-refractivity contribution in [2.45, 2.75) is 92.1 Å². The van der Waals surface area contributed by atoms with Crippen molar-refractivity contribution in [1.29, 1.82) is 0 Å². The predicted octanol–water partition coefficient (Wildman–Crippen LogP) is 21.4. The van der Waals surface area contributed by atoms with E-state index in [1.54, 1.807) is 0 Å². The highest BCUT2D eigenvalue weighted by atomic mass is 16.6. The quantitative estimate of drug-likeness (QED) is 0.0474. The van der Waals surface area contributed by atoms with Gasteiger partial charge in [0.05, 0.1) is 28.9 Å². The van der Waals surface area contributed by atoms with Crippen molar-refractivity contribution in [3.8, 4) is 44.6 Å². The van der Waals surface area contributed by atoms with E-state index < -0.39 is 23.4 Å². The van der Waals surface area contributed by atoms with Gasteiger partial charge in [0, 0.05) is 99.0 Å². The van der Waals surface area contributed by atoms with Gasteiger partial charge in [0.2, 0.25) is 11.2 Å². The molecule has 3 aliphatic heterocycles. The number of benzene rings is 12. The largest absolute Gasteiger partial charge is 0.444 e. The summed E-state index contributed by atoms with van der Waals surface area (Å²) >= 11 is 0. The Kier molecular flexibility index (Phi) is 21.0. The number of nitrogens with two attached hydrogens (primary N) is 4. The lowest BCUT2D eigenvalue weighted by Crippen LogP contribution is -2.32. The summed E-state index contributed by atoms with van der Waals surface area (Å²) in [5, 5.41) is 12.9. The number of carbonyl (C=O) groups is 2. The molecule has 1 aromatic heterocycles. The lowest BCUT2D eigenvalue weighted by Gasteiger charge is -2.38. The molecule has 0 radical (unpaired) electrons. The van der Waals surface area contributed by atoms with Gasteiger partial charge in [-0.05, 0) is 190 Å². The van der Waals surface area contributed by atoms with Crippen LogP contribution in [0.15, 0.2) is 267 Å². The fraction of sp³-hybridized carbons (Fsp3) is 0.185. The second-order valence-electron chi connectivity index (χ2n) is 29.2. The molecule has 0 saturated heterocycles. The summed E-state index contributed by atoms with van der Waals surface area (Å²) in [6.07, 6.45) is -0.902. The van der Waals surface area contributed by atoms with E-state index in [4.69, 9.17) is 32.4 Å². The average molecular weight is 1400 g/mol. The fourth-order valence-electron chi connectivity index (χ4n) is 14.6. The summed E-state index contributed by atoms with van der Waals surface area (Å²) < 4.78 is 13.0. The number of rotatable bonds is 6. The third-order valence-corrected chi connectivity index (χ3v) is 19.1. The lowest BCUT2D eigenvalue weighted by molar-refractivity contribution is -0.632. The highest BCUT2D eigenvalue weighted by Crippen LogP contribution is 2.50. The van der Waals surface area contributed by atoms with Gasteiger partial charge in [-0.3, -0.25) is 10.6 Å². The Balaban J connectivity index is 0.000000133. The topological polar surface area (TPSA) is 203 Å². The van der Waals surface area contributed by atoms with E-state index in [0.29, 0.717) is 5.69 Å². The van der Waals surface area contributed by atoms with Gasteiger partial charge >= 0.3 is 12.2 Å². The van der Waals surface area contributed by atoms with E-state index in [9.17, 15) is 9.59 Å². The summed E-state index contributed by atoms with van der Waals surface area (Å²) in [5.74, 6) is 0. The average Bonchev–Trinajstić information content (AvgIpc) is 0.766. The Morgan fingerprint density at radius 2 is 0.821 bits per heavy atom. The number of amides is 2. The summed E-state index contributed by atoms with van der Waals surface area (Å²) in [6.45, 7) is 15.4. The van der Waals surface area contributed by atoms with Crippen molar-refractivity contribution in [2.24, 2.45) is 7.05 Å². The maximum atomic E-state index is 12.3. The smallest absolute Gasteiger partial charge is 0.412 e. The van der Waals surface area contributed by atoms with Crippen LogP contribution in [0, 0.1) is 13.8 Å². The highest BCUT2D eigenvalue weighted by molar-refractivity contribution is 6.10. The standard InChI is InChI=1S/C26H28N2O2.C25H26N2O2.C20H19N3.C20H17N3.CH4/c1-17-11-13-20-21-14-12-19(27-25(29)30-26(2,3)4)16-23(21)28(5)24(22(20)15-17)18-9-7-6-8-10-18;1-16-10-12-19-20-13-11-18(26-24(28)29-25(2,3)4)15-22(20)27-23(21(19)14-16)17-8-6-5-7-9-17;2*1-23-19-12-15(22)8-10-17(19)16-9-7-14(21)11-18(16)20(23)13-5-3-2-4-6-13;/h6-16,24H,1-5H3,(H,27,29);5-15,23,27H,1-4H3,(H,26,28);2-12,20H,21-22H2,1H3;2-12,22H,21H2,1H3;1H4/p+1/i5-1;;2*1-1;. The Labute approximate surface area is 623 Å². The number of nitrogens with zero attached hydrogens (tertiary/aromatic N) is 3. The molecule has 12 aromatic carbocycles. The number of carbonyl (C=O) groups excluding carboxylic acids is 2. The Morgan fingerprint density at radius 1 is 0.415 bits per heavy atom. The lowest BCUT2D eigenvalue weighted by atomic mass is 9.83. The Hall–Kier alpha value is -12.6. The number of ether oxygens (including phenoxy) is 2. The molecule has 4 heterocycles. The summed E-state index contributed by atoms with van der Waals surface area (Å²) in [7, 11) is 6.30. The number of nitrogens with one attached hydrogen (secondary N) is 3. The van der Waals surface area contributed by atoms with E-state index in [1.807, 2.05) is 139 Å². The van der Waals surface area contributed by atoms with Gasteiger partial charge in [-0.1, -0.05) is 194 Å². The molecule has 3 unspecified atom stereocenters. The Morgan fingerprint density at radius 3 is 1.37 bits per heavy atom. The first-order valence-electron chi connectivity index (χ1n) is 35.4. The van der Waals surface area contributed by atoms with Crippen molar-refractivity contribution < 1.29 is 23.6 Å². The molecule has 3 atom stereocenters. The van der Waals surface area contributed by atoms with Crippen LogP contribution in [0.1, 0.15) is 112 Å². The summed E-state index contributed by atoms with van der Waals surface area (Å²) in [6, 6.07) is 91.7. The molecule has 536 valence electrons. The third-order valence-electron chi connectivity index (χ3n) is 19.1. The number of pyridine rings is 1. The SMILES string of the molecule is C.Cc1ccc2c(c1)C(c1ccccc1)N([11CH3])c1cc(NC(=O)OC(C)(C)C)ccc1-2.Cc1ccc2c(c1)C(c1ccccc1)Nc1cc(NC(=O)OC(C)(C)C)ccc1-2.[11CH3]N1c2cc(N)ccc2-c2ccc(N)cc2C1c1ccccc1.[11CH3][n+]1c(-c2ccccc2)c2cc(N)ccc2c2ccc(N)cc21. The fourth-order valence-corrected chi connectivity index (χ4v) is 14.6. The van der Waals surface area contributed by atoms with E-state index in [1.165, 1.54) is 77.5 Å². The molecule has 3 aliphatic rings. The molecule has 13 aromatic rings. The number of hydrogen-bond donors (Lipinski definition) is 7. The number of hydrogen-bond acceptors (Lipinski definition) is 11. The maximum absolute atomic E-state index is 12.3. The normalized spacial score (nSPS) is 14.3. The van der Waals surface area contributed by atoms with Crippen LogP contribution in [0.2, 0.25) is 0 Å². The van der Waals surface area contributed by atoms with Crippen molar-refractivity contribution in [2.75, 3.05) is 62.8 Å². The van der Waals surface area contributed by atoms with E-state index in [0.717, 1.165) is 78.8 Å². The van der Waals surface area contributed by atoms with Gasteiger partial charge in [-0.2, -0.15) is 4.57 Å². The monoisotopic (exact) mass is 1400 g/mol. The zero-order chi connectivity index (χ0) is 74.0. The zero-order valence-electron chi connectivity index (χ0n) is 61.4. The highest BCUT2D eigenvalue weighted by Gasteiger charge is 2.33.